The lowest BCUT2D eigenvalue weighted by atomic mass is 9.91. The molecule has 0 spiro atoms. The highest BCUT2D eigenvalue weighted by Gasteiger charge is 2.47. The monoisotopic (exact) mass is 216 g/mol. The summed E-state index contributed by atoms with van der Waals surface area (Å²) in [6.07, 6.45) is 4.78. The van der Waals surface area contributed by atoms with E-state index in [4.69, 9.17) is 0 Å². The first-order valence-electron chi connectivity index (χ1n) is 6.55. The van der Waals surface area contributed by atoms with E-state index >= 15 is 0 Å². The molecular formula is C15H20O. The summed E-state index contributed by atoms with van der Waals surface area (Å²) in [6, 6.07) is 8.50. The van der Waals surface area contributed by atoms with E-state index < -0.39 is 0 Å². The third-order valence-corrected chi connectivity index (χ3v) is 4.46. The van der Waals surface area contributed by atoms with Gasteiger partial charge >= 0.3 is 0 Å². The van der Waals surface area contributed by atoms with Gasteiger partial charge in [0.15, 0.2) is 0 Å². The van der Waals surface area contributed by atoms with Crippen LogP contribution in [-0.4, -0.2) is 5.11 Å². The minimum atomic E-state index is -0.223. The number of aryl methyl sites for hydroxylation is 1. The number of aliphatic hydroxyl groups excluding tert-OH is 1. The molecule has 0 aliphatic heterocycles. The Morgan fingerprint density at radius 2 is 1.75 bits per heavy atom. The Kier molecular flexibility index (Phi) is 2.51. The van der Waals surface area contributed by atoms with E-state index in [1.807, 2.05) is 0 Å². The van der Waals surface area contributed by atoms with Crippen molar-refractivity contribution in [2.24, 2.45) is 17.8 Å². The number of hydrogen-bond acceptors (Lipinski definition) is 1. The normalized spacial score (nSPS) is 33.5. The highest BCUT2D eigenvalue weighted by molar-refractivity contribution is 5.25. The number of aliphatic hydroxyl groups is 1. The zero-order valence-corrected chi connectivity index (χ0v) is 9.89. The van der Waals surface area contributed by atoms with Gasteiger partial charge in [0.1, 0.15) is 0 Å². The SMILES string of the molecule is CCc1ccc(C(O)C2CC3CC3C2)cc1. The highest BCUT2D eigenvalue weighted by atomic mass is 16.3. The highest BCUT2D eigenvalue weighted by Crippen LogP contribution is 2.57. The Hall–Kier alpha value is -0.820. The standard InChI is InChI=1S/C15H20O/c1-2-10-3-5-11(6-4-10)15(16)14-8-12-7-13(12)9-14/h3-6,12-16H,2,7-9H2,1H3. The fourth-order valence-corrected chi connectivity index (χ4v) is 3.24. The lowest BCUT2D eigenvalue weighted by Gasteiger charge is -2.20. The summed E-state index contributed by atoms with van der Waals surface area (Å²) in [4.78, 5) is 0. The van der Waals surface area contributed by atoms with Crippen LogP contribution in [0.1, 0.15) is 43.4 Å². The molecule has 3 rings (SSSR count). The molecule has 0 radical (unpaired) electrons. The van der Waals surface area contributed by atoms with Crippen molar-refractivity contribution in [3.8, 4) is 0 Å². The average Bonchev–Trinajstić information content (AvgIpc) is 2.95. The molecule has 0 bridgehead atoms. The Balaban J connectivity index is 1.70. The van der Waals surface area contributed by atoms with Crippen molar-refractivity contribution < 1.29 is 5.11 Å². The largest absolute Gasteiger partial charge is 0.388 e. The van der Waals surface area contributed by atoms with Crippen molar-refractivity contribution >= 4 is 0 Å². The van der Waals surface area contributed by atoms with Crippen LogP contribution in [0.5, 0.6) is 0 Å². The maximum absolute atomic E-state index is 10.3. The summed E-state index contributed by atoms with van der Waals surface area (Å²) < 4.78 is 0. The second kappa shape index (κ2) is 3.89. The smallest absolute Gasteiger partial charge is 0.0818 e. The first kappa shape index (κ1) is 10.3. The predicted octanol–water partition coefficient (Wildman–Crippen LogP) is 3.33. The van der Waals surface area contributed by atoms with Gasteiger partial charge in [-0.25, -0.2) is 0 Å². The quantitative estimate of drug-likeness (QED) is 0.821. The van der Waals surface area contributed by atoms with Gasteiger partial charge in [0.05, 0.1) is 6.10 Å². The molecule has 1 aromatic rings. The van der Waals surface area contributed by atoms with Crippen LogP contribution in [-0.2, 0) is 6.42 Å². The van der Waals surface area contributed by atoms with Crippen LogP contribution in [0.2, 0.25) is 0 Å². The minimum Gasteiger partial charge on any atom is -0.388 e. The molecule has 1 nitrogen and oxygen atoms in total. The van der Waals surface area contributed by atoms with Crippen LogP contribution in [0.4, 0.5) is 0 Å². The Morgan fingerprint density at radius 1 is 1.12 bits per heavy atom. The maximum atomic E-state index is 10.3. The van der Waals surface area contributed by atoms with Gasteiger partial charge in [0.25, 0.3) is 0 Å². The summed E-state index contributed by atoms with van der Waals surface area (Å²) in [5.74, 6) is 2.43. The first-order valence-corrected chi connectivity index (χ1v) is 6.55. The van der Waals surface area contributed by atoms with E-state index in [0.717, 1.165) is 23.8 Å². The van der Waals surface area contributed by atoms with Crippen LogP contribution in [0.3, 0.4) is 0 Å². The van der Waals surface area contributed by atoms with Crippen molar-refractivity contribution in [1.82, 2.24) is 0 Å². The van der Waals surface area contributed by atoms with Gasteiger partial charge < -0.3 is 5.11 Å². The van der Waals surface area contributed by atoms with Crippen molar-refractivity contribution in [3.63, 3.8) is 0 Å². The number of fused-ring (bicyclic) bond motifs is 1. The lowest BCUT2D eigenvalue weighted by molar-refractivity contribution is 0.104. The maximum Gasteiger partial charge on any atom is 0.0818 e. The molecule has 0 saturated heterocycles. The van der Waals surface area contributed by atoms with E-state index in [1.165, 1.54) is 24.8 Å². The van der Waals surface area contributed by atoms with Gasteiger partial charge in [0.2, 0.25) is 0 Å². The summed E-state index contributed by atoms with van der Waals surface area (Å²) in [5, 5.41) is 10.3. The van der Waals surface area contributed by atoms with Gasteiger partial charge in [-0.15, -0.1) is 0 Å². The molecule has 2 fully saturated rings. The van der Waals surface area contributed by atoms with E-state index in [2.05, 4.69) is 31.2 Å². The zero-order valence-electron chi connectivity index (χ0n) is 9.89. The molecule has 2 aliphatic rings. The van der Waals surface area contributed by atoms with Crippen molar-refractivity contribution in [2.75, 3.05) is 0 Å². The summed E-state index contributed by atoms with van der Waals surface area (Å²) in [6.45, 7) is 2.16. The van der Waals surface area contributed by atoms with Crippen LogP contribution < -0.4 is 0 Å². The fourth-order valence-electron chi connectivity index (χ4n) is 3.24. The van der Waals surface area contributed by atoms with Crippen LogP contribution >= 0.6 is 0 Å². The van der Waals surface area contributed by atoms with E-state index in [0.29, 0.717) is 5.92 Å². The molecule has 0 amide bonds. The molecule has 3 unspecified atom stereocenters. The van der Waals surface area contributed by atoms with Gasteiger partial charge in [-0.2, -0.15) is 0 Å². The molecule has 0 aromatic heterocycles. The van der Waals surface area contributed by atoms with Crippen molar-refractivity contribution in [2.45, 2.75) is 38.7 Å². The minimum absolute atomic E-state index is 0.223. The van der Waals surface area contributed by atoms with E-state index in [-0.39, 0.29) is 6.10 Å². The summed E-state index contributed by atoms with van der Waals surface area (Å²) in [7, 11) is 0. The average molecular weight is 216 g/mol. The first-order chi connectivity index (χ1) is 7.78. The third kappa shape index (κ3) is 1.78. The molecule has 2 aliphatic carbocycles. The van der Waals surface area contributed by atoms with Gasteiger partial charge in [-0.3, -0.25) is 0 Å². The Morgan fingerprint density at radius 3 is 2.31 bits per heavy atom. The number of rotatable bonds is 3. The molecule has 1 heteroatoms. The predicted molar refractivity (Wildman–Crippen MR) is 65.1 cm³/mol. The van der Waals surface area contributed by atoms with E-state index in [9.17, 15) is 5.11 Å². The van der Waals surface area contributed by atoms with Gasteiger partial charge in [-0.1, -0.05) is 31.2 Å². The Bertz CT molecular complexity index is 358. The zero-order chi connectivity index (χ0) is 11.1. The second-order valence-electron chi connectivity index (χ2n) is 5.53. The third-order valence-electron chi connectivity index (χ3n) is 4.46. The van der Waals surface area contributed by atoms with Gasteiger partial charge in [-0.05, 0) is 54.6 Å². The van der Waals surface area contributed by atoms with Crippen LogP contribution in [0, 0.1) is 17.8 Å². The van der Waals surface area contributed by atoms with Gasteiger partial charge in [0, 0.05) is 0 Å². The van der Waals surface area contributed by atoms with Crippen molar-refractivity contribution in [3.05, 3.63) is 35.4 Å². The molecular weight excluding hydrogens is 196 g/mol. The molecule has 1 aromatic carbocycles. The molecule has 16 heavy (non-hydrogen) atoms. The fraction of sp³-hybridized carbons (Fsp3) is 0.600. The van der Waals surface area contributed by atoms with Crippen LogP contribution in [0.25, 0.3) is 0 Å². The summed E-state index contributed by atoms with van der Waals surface area (Å²) >= 11 is 0. The van der Waals surface area contributed by atoms with E-state index in [1.54, 1.807) is 0 Å². The molecule has 86 valence electrons. The van der Waals surface area contributed by atoms with Crippen molar-refractivity contribution in [1.29, 1.82) is 0 Å². The Labute approximate surface area is 97.5 Å². The summed E-state index contributed by atoms with van der Waals surface area (Å²) in [5.41, 5.74) is 2.47. The number of hydrogen-bond donors (Lipinski definition) is 1. The molecule has 3 atom stereocenters. The van der Waals surface area contributed by atoms with Crippen LogP contribution in [0.15, 0.2) is 24.3 Å². The second-order valence-corrected chi connectivity index (χ2v) is 5.53. The lowest BCUT2D eigenvalue weighted by Crippen LogP contribution is -2.10. The molecule has 1 N–H and O–H groups in total. The number of benzene rings is 1. The topological polar surface area (TPSA) is 20.2 Å². The molecule has 0 heterocycles. The molecule has 2 saturated carbocycles.